The van der Waals surface area contributed by atoms with E-state index in [0.29, 0.717) is 5.75 Å². The van der Waals surface area contributed by atoms with Gasteiger partial charge in [0.05, 0.1) is 0 Å². The molecule has 0 heterocycles. The van der Waals surface area contributed by atoms with Crippen molar-refractivity contribution < 1.29 is 5.11 Å². The van der Waals surface area contributed by atoms with Gasteiger partial charge in [0, 0.05) is 0 Å². The number of hydrogen-bond acceptors (Lipinski definition) is 2. The van der Waals surface area contributed by atoms with Crippen molar-refractivity contribution in [3.05, 3.63) is 43.1 Å². The van der Waals surface area contributed by atoms with Crippen LogP contribution in [0, 0.1) is 0 Å². The van der Waals surface area contributed by atoms with E-state index in [-0.39, 0.29) is 0 Å². The van der Waals surface area contributed by atoms with Crippen molar-refractivity contribution in [3.63, 3.8) is 0 Å². The quantitative estimate of drug-likeness (QED) is 0.569. The lowest BCUT2D eigenvalue weighted by Crippen LogP contribution is -1.67. The maximum Gasteiger partial charge on any atom is 0.115 e. The average molecular weight is 137 g/mol. The van der Waals surface area contributed by atoms with E-state index in [1.165, 1.54) is 6.20 Å². The molecule has 10 heavy (non-hydrogen) atoms. The lowest BCUT2D eigenvalue weighted by molar-refractivity contribution is 0.475. The zero-order valence-electron chi connectivity index (χ0n) is 5.70. The summed E-state index contributed by atoms with van der Waals surface area (Å²) in [6, 6.07) is 8.71. The van der Waals surface area contributed by atoms with Crippen molar-refractivity contribution in [2.24, 2.45) is 5.73 Å². The molecule has 0 aromatic heterocycles. The van der Waals surface area contributed by atoms with E-state index < -0.39 is 0 Å². The van der Waals surface area contributed by atoms with E-state index >= 15 is 0 Å². The number of para-hydroxylation sites is 1. The number of hydrogen-bond donors (Lipinski definition) is 2. The van der Waals surface area contributed by atoms with Crippen molar-refractivity contribution in [2.75, 3.05) is 0 Å². The first kappa shape index (κ1) is 8.56. The van der Waals surface area contributed by atoms with E-state index in [4.69, 9.17) is 5.11 Å². The van der Waals surface area contributed by atoms with Gasteiger partial charge in [-0.05, 0) is 18.3 Å². The summed E-state index contributed by atoms with van der Waals surface area (Å²) >= 11 is 0. The molecular formula is C8H11NO. The molecule has 0 aliphatic rings. The largest absolute Gasteiger partial charge is 0.508 e. The molecule has 0 unspecified atom stereocenters. The molecule has 0 saturated carbocycles. The van der Waals surface area contributed by atoms with E-state index in [2.05, 4.69) is 12.3 Å². The van der Waals surface area contributed by atoms with Gasteiger partial charge < -0.3 is 10.8 Å². The van der Waals surface area contributed by atoms with Gasteiger partial charge in [0.1, 0.15) is 5.75 Å². The van der Waals surface area contributed by atoms with E-state index in [1.807, 2.05) is 6.07 Å². The normalized spacial score (nSPS) is 7.20. The van der Waals surface area contributed by atoms with E-state index in [1.54, 1.807) is 24.3 Å². The third-order valence-electron chi connectivity index (χ3n) is 0.756. The summed E-state index contributed by atoms with van der Waals surface area (Å²) in [4.78, 5) is 0. The molecule has 0 amide bonds. The minimum absolute atomic E-state index is 0.322. The van der Waals surface area contributed by atoms with Crippen LogP contribution in [0.15, 0.2) is 43.1 Å². The number of phenolic OH excluding ortho intramolecular Hbond substituents is 1. The van der Waals surface area contributed by atoms with Crippen LogP contribution >= 0.6 is 0 Å². The molecule has 2 nitrogen and oxygen atoms in total. The highest BCUT2D eigenvalue weighted by molar-refractivity contribution is 5.18. The SMILES string of the molecule is C=CN.Oc1ccccc1. The summed E-state index contributed by atoms with van der Waals surface area (Å²) in [5, 5.41) is 8.63. The number of phenols is 1. The fourth-order valence-corrected chi connectivity index (χ4v) is 0.428. The maximum absolute atomic E-state index is 8.63. The highest BCUT2D eigenvalue weighted by Crippen LogP contribution is 2.02. The topological polar surface area (TPSA) is 46.2 Å². The van der Waals surface area contributed by atoms with Gasteiger partial charge in [0.15, 0.2) is 0 Å². The number of benzene rings is 1. The third-order valence-corrected chi connectivity index (χ3v) is 0.756. The van der Waals surface area contributed by atoms with Gasteiger partial charge >= 0.3 is 0 Å². The third kappa shape index (κ3) is 4.71. The Kier molecular flexibility index (Phi) is 4.87. The average Bonchev–Trinajstić information content (AvgIpc) is 1.91. The fourth-order valence-electron chi connectivity index (χ4n) is 0.428. The second kappa shape index (κ2) is 5.69. The van der Waals surface area contributed by atoms with Crippen molar-refractivity contribution in [1.29, 1.82) is 0 Å². The standard InChI is InChI=1S/C6H6O.C2H5N/c7-6-4-2-1-3-5-6;1-2-3/h1-5,7H;2H,1,3H2. The maximum atomic E-state index is 8.63. The van der Waals surface area contributed by atoms with Gasteiger partial charge in [0.2, 0.25) is 0 Å². The summed E-state index contributed by atoms with van der Waals surface area (Å²) in [5.41, 5.74) is 4.61. The molecule has 54 valence electrons. The molecule has 2 heteroatoms. The predicted molar refractivity (Wildman–Crippen MR) is 42.5 cm³/mol. The molecule has 1 rings (SSSR count). The lowest BCUT2D eigenvalue weighted by Gasteiger charge is -1.82. The van der Waals surface area contributed by atoms with Crippen LogP contribution in [-0.4, -0.2) is 5.11 Å². The molecular weight excluding hydrogens is 126 g/mol. The zero-order valence-corrected chi connectivity index (χ0v) is 5.70. The second-order valence-corrected chi connectivity index (χ2v) is 1.57. The van der Waals surface area contributed by atoms with Crippen LogP contribution in [0.1, 0.15) is 0 Å². The van der Waals surface area contributed by atoms with Crippen LogP contribution in [-0.2, 0) is 0 Å². The van der Waals surface area contributed by atoms with Crippen LogP contribution < -0.4 is 5.73 Å². The summed E-state index contributed by atoms with van der Waals surface area (Å²) in [7, 11) is 0. The van der Waals surface area contributed by atoms with E-state index in [0.717, 1.165) is 0 Å². The minimum atomic E-state index is 0.322. The van der Waals surface area contributed by atoms with Crippen LogP contribution in [0.3, 0.4) is 0 Å². The van der Waals surface area contributed by atoms with Crippen LogP contribution in [0.2, 0.25) is 0 Å². The van der Waals surface area contributed by atoms with Crippen molar-refractivity contribution in [3.8, 4) is 5.75 Å². The summed E-state index contributed by atoms with van der Waals surface area (Å²) in [5.74, 6) is 0.322. The Bertz CT molecular complexity index is 172. The number of rotatable bonds is 0. The summed E-state index contributed by atoms with van der Waals surface area (Å²) in [6.45, 7) is 3.14. The first-order valence-corrected chi connectivity index (χ1v) is 2.88. The van der Waals surface area contributed by atoms with Crippen LogP contribution in [0.5, 0.6) is 5.75 Å². The fraction of sp³-hybridized carbons (Fsp3) is 0. The van der Waals surface area contributed by atoms with E-state index in [9.17, 15) is 0 Å². The molecule has 0 saturated heterocycles. The zero-order chi connectivity index (χ0) is 7.82. The molecule has 0 aliphatic heterocycles. The molecule has 1 aromatic carbocycles. The first-order valence-electron chi connectivity index (χ1n) is 2.88. The molecule has 3 N–H and O–H groups in total. The van der Waals surface area contributed by atoms with Gasteiger partial charge in [-0.2, -0.15) is 0 Å². The Morgan fingerprint density at radius 1 is 1.30 bits per heavy atom. The van der Waals surface area contributed by atoms with Crippen molar-refractivity contribution in [1.82, 2.24) is 0 Å². The second-order valence-electron chi connectivity index (χ2n) is 1.57. The van der Waals surface area contributed by atoms with Crippen molar-refractivity contribution >= 4 is 0 Å². The molecule has 0 atom stereocenters. The Morgan fingerprint density at radius 2 is 1.70 bits per heavy atom. The monoisotopic (exact) mass is 137 g/mol. The molecule has 0 radical (unpaired) electrons. The van der Waals surface area contributed by atoms with Crippen LogP contribution in [0.25, 0.3) is 0 Å². The number of aromatic hydroxyl groups is 1. The Labute approximate surface area is 60.6 Å². The highest BCUT2D eigenvalue weighted by Gasteiger charge is 1.74. The Balaban J connectivity index is 0.000000236. The molecule has 1 aromatic rings. The van der Waals surface area contributed by atoms with Gasteiger partial charge in [-0.25, -0.2) is 0 Å². The van der Waals surface area contributed by atoms with Crippen LogP contribution in [0.4, 0.5) is 0 Å². The summed E-state index contributed by atoms with van der Waals surface area (Å²) in [6.07, 6.45) is 1.25. The Hall–Kier alpha value is -1.44. The first-order chi connectivity index (χ1) is 4.81. The lowest BCUT2D eigenvalue weighted by atomic mass is 10.3. The predicted octanol–water partition coefficient (Wildman–Crippen LogP) is 1.48. The minimum Gasteiger partial charge on any atom is -0.508 e. The number of nitrogens with two attached hydrogens (primary N) is 1. The smallest absolute Gasteiger partial charge is 0.115 e. The highest BCUT2D eigenvalue weighted by atomic mass is 16.3. The Morgan fingerprint density at radius 3 is 1.90 bits per heavy atom. The van der Waals surface area contributed by atoms with Crippen molar-refractivity contribution in [2.45, 2.75) is 0 Å². The molecule has 0 aliphatic carbocycles. The summed E-state index contributed by atoms with van der Waals surface area (Å²) < 4.78 is 0. The van der Waals surface area contributed by atoms with Gasteiger partial charge in [-0.3, -0.25) is 0 Å². The van der Waals surface area contributed by atoms with Gasteiger partial charge in [-0.1, -0.05) is 24.8 Å². The van der Waals surface area contributed by atoms with Gasteiger partial charge in [-0.15, -0.1) is 0 Å². The molecule has 0 bridgehead atoms. The van der Waals surface area contributed by atoms with Gasteiger partial charge in [0.25, 0.3) is 0 Å². The molecule has 0 fully saturated rings. The molecule has 0 spiro atoms.